The molecule has 0 aliphatic carbocycles. The van der Waals surface area contributed by atoms with Crippen molar-refractivity contribution in [3.05, 3.63) is 38.9 Å². The SMILES string of the molecule is CCCC(COC)NCc1ccc(Cl)c([N+](=O)[O-])c1. The highest BCUT2D eigenvalue weighted by molar-refractivity contribution is 6.32. The van der Waals surface area contributed by atoms with Crippen LogP contribution < -0.4 is 5.32 Å². The first kappa shape index (κ1) is 15.9. The topological polar surface area (TPSA) is 64.4 Å². The van der Waals surface area contributed by atoms with Crippen LogP contribution in [0, 0.1) is 10.1 Å². The quantitative estimate of drug-likeness (QED) is 0.589. The van der Waals surface area contributed by atoms with E-state index in [1.165, 1.54) is 6.07 Å². The van der Waals surface area contributed by atoms with Crippen LogP contribution in [0.4, 0.5) is 5.69 Å². The van der Waals surface area contributed by atoms with Crippen molar-refractivity contribution in [2.24, 2.45) is 0 Å². The van der Waals surface area contributed by atoms with Gasteiger partial charge in [0.15, 0.2) is 0 Å². The molecule has 19 heavy (non-hydrogen) atoms. The molecule has 0 radical (unpaired) electrons. The highest BCUT2D eigenvalue weighted by Gasteiger charge is 2.13. The summed E-state index contributed by atoms with van der Waals surface area (Å²) < 4.78 is 5.13. The molecule has 1 N–H and O–H groups in total. The molecule has 0 saturated carbocycles. The molecule has 5 nitrogen and oxygen atoms in total. The van der Waals surface area contributed by atoms with Gasteiger partial charge >= 0.3 is 0 Å². The average Bonchev–Trinajstić information content (AvgIpc) is 2.37. The minimum atomic E-state index is -0.468. The van der Waals surface area contributed by atoms with E-state index < -0.39 is 4.92 Å². The number of rotatable bonds is 8. The summed E-state index contributed by atoms with van der Waals surface area (Å²) in [7, 11) is 1.66. The highest BCUT2D eigenvalue weighted by Crippen LogP contribution is 2.25. The molecule has 0 bridgehead atoms. The number of ether oxygens (including phenoxy) is 1. The molecular weight excluding hydrogens is 268 g/mol. The van der Waals surface area contributed by atoms with Gasteiger partial charge in [0.1, 0.15) is 5.02 Å². The number of nitro groups is 1. The van der Waals surface area contributed by atoms with Gasteiger partial charge in [0.05, 0.1) is 11.5 Å². The summed E-state index contributed by atoms with van der Waals surface area (Å²) in [5.41, 5.74) is 0.785. The zero-order chi connectivity index (χ0) is 14.3. The maximum Gasteiger partial charge on any atom is 0.288 e. The number of nitrogens with zero attached hydrogens (tertiary/aromatic N) is 1. The largest absolute Gasteiger partial charge is 0.383 e. The predicted octanol–water partition coefficient (Wildman–Crippen LogP) is 3.15. The summed E-state index contributed by atoms with van der Waals surface area (Å²) in [4.78, 5) is 10.3. The van der Waals surface area contributed by atoms with Crippen molar-refractivity contribution >= 4 is 17.3 Å². The maximum atomic E-state index is 10.8. The van der Waals surface area contributed by atoms with E-state index in [9.17, 15) is 10.1 Å². The van der Waals surface area contributed by atoms with Crippen LogP contribution in [0.5, 0.6) is 0 Å². The fourth-order valence-corrected chi connectivity index (χ4v) is 2.05. The zero-order valence-electron chi connectivity index (χ0n) is 11.2. The number of halogens is 1. The Kier molecular flexibility index (Phi) is 6.77. The first-order chi connectivity index (χ1) is 9.08. The van der Waals surface area contributed by atoms with E-state index in [2.05, 4.69) is 12.2 Å². The Morgan fingerprint density at radius 2 is 2.26 bits per heavy atom. The Balaban J connectivity index is 2.66. The normalized spacial score (nSPS) is 12.4. The van der Waals surface area contributed by atoms with Crippen molar-refractivity contribution < 1.29 is 9.66 Å². The number of hydrogen-bond acceptors (Lipinski definition) is 4. The average molecular weight is 287 g/mol. The van der Waals surface area contributed by atoms with Crippen LogP contribution in [0.25, 0.3) is 0 Å². The second kappa shape index (κ2) is 8.09. The molecule has 1 unspecified atom stereocenters. The Morgan fingerprint density at radius 3 is 2.84 bits per heavy atom. The standard InChI is InChI=1S/C13H19ClN2O3/c1-3-4-11(9-19-2)15-8-10-5-6-12(14)13(7-10)16(17)18/h5-7,11,15H,3-4,8-9H2,1-2H3. The molecule has 106 valence electrons. The molecule has 0 aromatic heterocycles. The Labute approximate surface area is 118 Å². The van der Waals surface area contributed by atoms with E-state index in [4.69, 9.17) is 16.3 Å². The third-order valence-electron chi connectivity index (χ3n) is 2.81. The van der Waals surface area contributed by atoms with Gasteiger partial charge in [-0.3, -0.25) is 10.1 Å². The lowest BCUT2D eigenvalue weighted by atomic mass is 10.1. The molecule has 0 spiro atoms. The van der Waals surface area contributed by atoms with E-state index in [-0.39, 0.29) is 16.8 Å². The van der Waals surface area contributed by atoms with Gasteiger partial charge in [-0.1, -0.05) is 31.0 Å². The van der Waals surface area contributed by atoms with E-state index in [1.54, 1.807) is 19.2 Å². The van der Waals surface area contributed by atoms with Crippen LogP contribution in [0.15, 0.2) is 18.2 Å². The van der Waals surface area contributed by atoms with Crippen molar-refractivity contribution in [1.29, 1.82) is 0 Å². The molecule has 0 heterocycles. The lowest BCUT2D eigenvalue weighted by Gasteiger charge is -2.17. The van der Waals surface area contributed by atoms with Gasteiger partial charge in [0, 0.05) is 25.8 Å². The van der Waals surface area contributed by atoms with Crippen LogP contribution in [0.1, 0.15) is 25.3 Å². The van der Waals surface area contributed by atoms with E-state index in [1.807, 2.05) is 0 Å². The first-order valence-electron chi connectivity index (χ1n) is 6.23. The second-order valence-electron chi connectivity index (χ2n) is 4.36. The smallest absolute Gasteiger partial charge is 0.288 e. The zero-order valence-corrected chi connectivity index (χ0v) is 11.9. The second-order valence-corrected chi connectivity index (χ2v) is 4.77. The third kappa shape index (κ3) is 5.14. The lowest BCUT2D eigenvalue weighted by molar-refractivity contribution is -0.384. The highest BCUT2D eigenvalue weighted by atomic mass is 35.5. The van der Waals surface area contributed by atoms with Gasteiger partial charge in [-0.25, -0.2) is 0 Å². The fourth-order valence-electron chi connectivity index (χ4n) is 1.86. The molecule has 1 atom stereocenters. The number of benzene rings is 1. The number of nitrogens with one attached hydrogen (secondary N) is 1. The molecule has 1 aromatic rings. The van der Waals surface area contributed by atoms with E-state index in [0.717, 1.165) is 18.4 Å². The molecule has 1 aromatic carbocycles. The van der Waals surface area contributed by atoms with Crippen LogP contribution >= 0.6 is 11.6 Å². The van der Waals surface area contributed by atoms with Crippen molar-refractivity contribution in [3.8, 4) is 0 Å². The van der Waals surface area contributed by atoms with Crippen LogP contribution in [0.3, 0.4) is 0 Å². The van der Waals surface area contributed by atoms with Crippen molar-refractivity contribution in [1.82, 2.24) is 5.32 Å². The van der Waals surface area contributed by atoms with Crippen LogP contribution in [-0.4, -0.2) is 24.7 Å². The van der Waals surface area contributed by atoms with E-state index >= 15 is 0 Å². The molecule has 0 fully saturated rings. The lowest BCUT2D eigenvalue weighted by Crippen LogP contribution is -2.32. The monoisotopic (exact) mass is 286 g/mol. The Bertz CT molecular complexity index is 420. The number of hydrogen-bond donors (Lipinski definition) is 1. The summed E-state index contributed by atoms with van der Waals surface area (Å²) in [6, 6.07) is 5.11. The van der Waals surface area contributed by atoms with Crippen LogP contribution in [0.2, 0.25) is 5.02 Å². The van der Waals surface area contributed by atoms with Gasteiger partial charge in [-0.15, -0.1) is 0 Å². The fraction of sp³-hybridized carbons (Fsp3) is 0.538. The number of methoxy groups -OCH3 is 1. The Hall–Kier alpha value is -1.17. The summed E-state index contributed by atoms with van der Waals surface area (Å²) in [5.74, 6) is 0. The van der Waals surface area contributed by atoms with Crippen molar-refractivity contribution in [2.75, 3.05) is 13.7 Å². The van der Waals surface area contributed by atoms with Gasteiger partial charge in [-0.05, 0) is 18.1 Å². The maximum absolute atomic E-state index is 10.8. The van der Waals surface area contributed by atoms with Crippen molar-refractivity contribution in [2.45, 2.75) is 32.4 Å². The van der Waals surface area contributed by atoms with Gasteiger partial charge in [0.2, 0.25) is 0 Å². The summed E-state index contributed by atoms with van der Waals surface area (Å²) in [5, 5.41) is 14.3. The summed E-state index contributed by atoms with van der Waals surface area (Å²) in [6.07, 6.45) is 2.06. The van der Waals surface area contributed by atoms with E-state index in [0.29, 0.717) is 13.2 Å². The van der Waals surface area contributed by atoms with Crippen molar-refractivity contribution in [3.63, 3.8) is 0 Å². The van der Waals surface area contributed by atoms with Gasteiger partial charge in [-0.2, -0.15) is 0 Å². The van der Waals surface area contributed by atoms with Gasteiger partial charge < -0.3 is 10.1 Å². The van der Waals surface area contributed by atoms with Gasteiger partial charge in [0.25, 0.3) is 5.69 Å². The molecule has 0 saturated heterocycles. The molecule has 0 aliphatic heterocycles. The molecule has 1 rings (SSSR count). The summed E-state index contributed by atoms with van der Waals surface area (Å²) in [6.45, 7) is 3.30. The minimum Gasteiger partial charge on any atom is -0.383 e. The summed E-state index contributed by atoms with van der Waals surface area (Å²) >= 11 is 5.77. The molecule has 0 aliphatic rings. The Morgan fingerprint density at radius 1 is 1.53 bits per heavy atom. The third-order valence-corrected chi connectivity index (χ3v) is 3.13. The molecular formula is C13H19ClN2O3. The predicted molar refractivity (Wildman–Crippen MR) is 75.5 cm³/mol. The molecule has 6 heteroatoms. The van der Waals surface area contributed by atoms with Crippen LogP contribution in [-0.2, 0) is 11.3 Å². The minimum absolute atomic E-state index is 0.0558. The first-order valence-corrected chi connectivity index (χ1v) is 6.61. The number of nitro benzene ring substituents is 1. The molecule has 0 amide bonds.